The Kier molecular flexibility index (Phi) is 6.00. The molecule has 2 aromatic rings. The summed E-state index contributed by atoms with van der Waals surface area (Å²) in [7, 11) is 0. The number of nitriles is 2. The molecule has 6 nitrogen and oxygen atoms in total. The lowest BCUT2D eigenvalue weighted by atomic mass is 10.1. The van der Waals surface area contributed by atoms with Crippen LogP contribution in [0.4, 0.5) is 0 Å². The van der Waals surface area contributed by atoms with Crippen molar-refractivity contribution in [2.24, 2.45) is 0 Å². The summed E-state index contributed by atoms with van der Waals surface area (Å²) >= 11 is 1.29. The Bertz CT molecular complexity index is 799. The second-order valence-corrected chi connectivity index (χ2v) is 6.10. The lowest BCUT2D eigenvalue weighted by Crippen LogP contribution is -2.33. The number of benzene rings is 1. The standard InChI is InChI=1S/C17H17N5OS/c1-13-4-3-5-15(14(13)2)22-11-8-20-17(22)24-12-16(23)21(9-6-18)10-7-19/h3-5,8,11H,9-10,12H2,1-2H3. The van der Waals surface area contributed by atoms with Crippen LogP contribution in [0.15, 0.2) is 35.7 Å². The van der Waals surface area contributed by atoms with E-state index in [1.165, 1.54) is 22.2 Å². The Labute approximate surface area is 145 Å². The Hall–Kier alpha value is -2.77. The zero-order chi connectivity index (χ0) is 17.5. The van der Waals surface area contributed by atoms with E-state index in [1.807, 2.05) is 54.9 Å². The van der Waals surface area contributed by atoms with Crippen molar-refractivity contribution in [2.75, 3.05) is 18.8 Å². The zero-order valence-corrected chi connectivity index (χ0v) is 14.4. The lowest BCUT2D eigenvalue weighted by Gasteiger charge is -2.16. The minimum Gasteiger partial charge on any atom is -0.315 e. The van der Waals surface area contributed by atoms with Crippen LogP contribution in [-0.2, 0) is 4.79 Å². The molecule has 0 aliphatic rings. The molecular weight excluding hydrogens is 322 g/mol. The van der Waals surface area contributed by atoms with Crippen LogP contribution in [0.2, 0.25) is 0 Å². The maximum Gasteiger partial charge on any atom is 0.234 e. The quantitative estimate of drug-likeness (QED) is 0.596. The number of aromatic nitrogens is 2. The fraction of sp³-hybridized carbons (Fsp3) is 0.294. The second-order valence-electron chi connectivity index (χ2n) is 5.15. The highest BCUT2D eigenvalue weighted by molar-refractivity contribution is 7.99. The van der Waals surface area contributed by atoms with E-state index < -0.39 is 0 Å². The molecule has 0 radical (unpaired) electrons. The van der Waals surface area contributed by atoms with Gasteiger partial charge in [0.25, 0.3) is 0 Å². The van der Waals surface area contributed by atoms with Crippen LogP contribution in [-0.4, -0.2) is 39.2 Å². The van der Waals surface area contributed by atoms with Gasteiger partial charge in [-0.2, -0.15) is 10.5 Å². The van der Waals surface area contributed by atoms with Gasteiger partial charge in [0.05, 0.1) is 23.6 Å². The smallest absolute Gasteiger partial charge is 0.234 e. The van der Waals surface area contributed by atoms with Crippen LogP contribution in [0.1, 0.15) is 11.1 Å². The first-order valence-corrected chi connectivity index (χ1v) is 8.31. The maximum absolute atomic E-state index is 12.2. The van der Waals surface area contributed by atoms with Crippen LogP contribution in [0.5, 0.6) is 0 Å². The lowest BCUT2D eigenvalue weighted by molar-refractivity contribution is -0.127. The molecule has 0 aliphatic carbocycles. The summed E-state index contributed by atoms with van der Waals surface area (Å²) in [6.45, 7) is 3.93. The Balaban J connectivity index is 2.14. The van der Waals surface area contributed by atoms with E-state index in [9.17, 15) is 4.79 Å². The van der Waals surface area contributed by atoms with Gasteiger partial charge in [-0.15, -0.1) is 0 Å². The summed E-state index contributed by atoms with van der Waals surface area (Å²) in [6.07, 6.45) is 3.55. The first-order valence-electron chi connectivity index (χ1n) is 7.33. The summed E-state index contributed by atoms with van der Waals surface area (Å²) in [5.41, 5.74) is 3.36. The predicted octanol–water partition coefficient (Wildman–Crippen LogP) is 2.46. The van der Waals surface area contributed by atoms with E-state index in [4.69, 9.17) is 10.5 Å². The third kappa shape index (κ3) is 3.95. The highest BCUT2D eigenvalue weighted by Gasteiger charge is 2.15. The number of carbonyl (C=O) groups is 1. The molecule has 1 amide bonds. The van der Waals surface area contributed by atoms with Crippen LogP contribution >= 0.6 is 11.8 Å². The predicted molar refractivity (Wildman–Crippen MR) is 91.6 cm³/mol. The van der Waals surface area contributed by atoms with Crippen LogP contribution < -0.4 is 0 Å². The highest BCUT2D eigenvalue weighted by atomic mass is 32.2. The molecule has 0 unspecified atom stereocenters. The van der Waals surface area contributed by atoms with E-state index in [0.29, 0.717) is 5.16 Å². The van der Waals surface area contributed by atoms with Crippen molar-refractivity contribution in [3.63, 3.8) is 0 Å². The van der Waals surface area contributed by atoms with Gasteiger partial charge in [-0.1, -0.05) is 23.9 Å². The van der Waals surface area contributed by atoms with Crippen molar-refractivity contribution in [3.05, 3.63) is 41.7 Å². The zero-order valence-electron chi connectivity index (χ0n) is 13.6. The number of nitrogens with zero attached hydrogens (tertiary/aromatic N) is 5. The Morgan fingerprint density at radius 2 is 2.00 bits per heavy atom. The van der Waals surface area contributed by atoms with Gasteiger partial charge < -0.3 is 4.90 Å². The van der Waals surface area contributed by atoms with Crippen molar-refractivity contribution in [3.8, 4) is 17.8 Å². The summed E-state index contributed by atoms with van der Waals surface area (Å²) in [6, 6.07) is 9.84. The molecule has 0 saturated carbocycles. The minimum atomic E-state index is -0.251. The molecule has 1 heterocycles. The number of aryl methyl sites for hydroxylation is 1. The molecule has 1 aromatic heterocycles. The molecule has 0 fully saturated rings. The average Bonchev–Trinajstić information content (AvgIpc) is 3.03. The summed E-state index contributed by atoms with van der Waals surface area (Å²) in [5, 5.41) is 18.2. The molecule has 24 heavy (non-hydrogen) atoms. The number of carbonyl (C=O) groups excluding carboxylic acids is 1. The third-order valence-corrected chi connectivity index (χ3v) is 4.59. The normalized spacial score (nSPS) is 10.0. The molecule has 1 aromatic carbocycles. The van der Waals surface area contributed by atoms with Crippen LogP contribution in [0.25, 0.3) is 5.69 Å². The number of amides is 1. The van der Waals surface area contributed by atoms with Gasteiger partial charge in [-0.3, -0.25) is 9.36 Å². The molecule has 0 atom stereocenters. The Morgan fingerprint density at radius 3 is 2.67 bits per heavy atom. The van der Waals surface area contributed by atoms with Gasteiger partial charge >= 0.3 is 0 Å². The molecule has 7 heteroatoms. The molecule has 122 valence electrons. The molecule has 0 saturated heterocycles. The first kappa shape index (κ1) is 17.6. The van der Waals surface area contributed by atoms with Crippen LogP contribution in [0, 0.1) is 36.5 Å². The SMILES string of the molecule is Cc1cccc(-n2ccnc2SCC(=O)N(CC#N)CC#N)c1C. The average molecular weight is 339 g/mol. The third-order valence-electron chi connectivity index (χ3n) is 3.64. The van der Waals surface area contributed by atoms with Crippen molar-refractivity contribution >= 4 is 17.7 Å². The molecule has 0 spiro atoms. The first-order chi connectivity index (χ1) is 11.6. The van der Waals surface area contributed by atoms with Crippen molar-refractivity contribution < 1.29 is 4.79 Å². The van der Waals surface area contributed by atoms with Gasteiger partial charge in [0, 0.05) is 12.4 Å². The minimum absolute atomic E-state index is 0.0849. The number of hydrogen-bond acceptors (Lipinski definition) is 5. The fourth-order valence-corrected chi connectivity index (χ4v) is 3.07. The van der Waals surface area contributed by atoms with Crippen molar-refractivity contribution in [2.45, 2.75) is 19.0 Å². The molecule has 0 aliphatic heterocycles. The van der Waals surface area contributed by atoms with Crippen molar-refractivity contribution in [1.82, 2.24) is 14.5 Å². The van der Waals surface area contributed by atoms with E-state index in [-0.39, 0.29) is 24.7 Å². The van der Waals surface area contributed by atoms with Gasteiger partial charge in [-0.25, -0.2) is 4.98 Å². The number of thioether (sulfide) groups is 1. The number of rotatable bonds is 6. The highest BCUT2D eigenvalue weighted by Crippen LogP contribution is 2.24. The number of imidazole rings is 1. The topological polar surface area (TPSA) is 85.7 Å². The summed E-state index contributed by atoms with van der Waals surface area (Å²) < 4.78 is 1.94. The van der Waals surface area contributed by atoms with Gasteiger partial charge in [0.1, 0.15) is 13.1 Å². The van der Waals surface area contributed by atoms with E-state index in [1.54, 1.807) is 6.20 Å². The number of hydrogen-bond donors (Lipinski definition) is 0. The van der Waals surface area contributed by atoms with Gasteiger partial charge in [-0.05, 0) is 31.0 Å². The van der Waals surface area contributed by atoms with Crippen LogP contribution in [0.3, 0.4) is 0 Å². The molecule has 0 N–H and O–H groups in total. The fourth-order valence-electron chi connectivity index (χ4n) is 2.20. The second kappa shape index (κ2) is 8.19. The summed E-state index contributed by atoms with van der Waals surface area (Å²) in [5.74, 6) is -0.121. The molecule has 0 bridgehead atoms. The molecule has 2 rings (SSSR count). The van der Waals surface area contributed by atoms with Gasteiger partial charge in [0.15, 0.2) is 5.16 Å². The van der Waals surface area contributed by atoms with Gasteiger partial charge in [0.2, 0.25) is 5.91 Å². The molecular formula is C17H17N5OS. The van der Waals surface area contributed by atoms with E-state index in [2.05, 4.69) is 4.98 Å². The Morgan fingerprint density at radius 1 is 1.29 bits per heavy atom. The van der Waals surface area contributed by atoms with E-state index >= 15 is 0 Å². The summed E-state index contributed by atoms with van der Waals surface area (Å²) in [4.78, 5) is 17.7. The largest absolute Gasteiger partial charge is 0.315 e. The monoisotopic (exact) mass is 339 g/mol. The van der Waals surface area contributed by atoms with E-state index in [0.717, 1.165) is 11.3 Å². The maximum atomic E-state index is 12.2. The van der Waals surface area contributed by atoms with Crippen molar-refractivity contribution in [1.29, 1.82) is 10.5 Å².